The number of carbonyl (C=O) groups is 7. The monoisotopic (exact) mass is 1060 g/mol. The quantitative estimate of drug-likeness (QED) is 0.0676. The molecule has 12 bridgehead atoms. The van der Waals surface area contributed by atoms with E-state index >= 15 is 0 Å². The van der Waals surface area contributed by atoms with Gasteiger partial charge < -0.3 is 33.2 Å². The lowest BCUT2D eigenvalue weighted by atomic mass is 9.54. The van der Waals surface area contributed by atoms with E-state index in [9.17, 15) is 33.6 Å². The average molecular weight is 1070 g/mol. The van der Waals surface area contributed by atoms with Crippen molar-refractivity contribution < 1.29 is 66.7 Å². The van der Waals surface area contributed by atoms with E-state index in [-0.39, 0.29) is 83.8 Å². The van der Waals surface area contributed by atoms with Crippen LogP contribution in [0.15, 0.2) is 0 Å². The van der Waals surface area contributed by atoms with Crippen molar-refractivity contribution in [2.24, 2.45) is 69.5 Å². The minimum absolute atomic E-state index is 0.0603. The fourth-order valence-electron chi connectivity index (χ4n) is 17.5. The Balaban J connectivity index is 0.000000152. The fraction of sp³-hybridized carbons (Fsp3) is 0.887. The van der Waals surface area contributed by atoms with Crippen LogP contribution in [0.4, 0.5) is 0 Å². The number of Topliss-reactive ketones (excluding diaryl/α,β-unsaturated/α-hetero) is 1. The van der Waals surface area contributed by atoms with Crippen LogP contribution in [0.1, 0.15) is 235 Å². The van der Waals surface area contributed by atoms with Crippen molar-refractivity contribution in [2.45, 2.75) is 264 Å². The Labute approximate surface area is 454 Å². The van der Waals surface area contributed by atoms with Crippen LogP contribution in [0.2, 0.25) is 0 Å². The average Bonchev–Trinajstić information content (AvgIpc) is 3.32. The lowest BCUT2D eigenvalue weighted by molar-refractivity contribution is -0.197. The molecule has 13 rings (SSSR count). The van der Waals surface area contributed by atoms with E-state index in [2.05, 4.69) is 0 Å². The summed E-state index contributed by atoms with van der Waals surface area (Å²) in [5, 5.41) is 0. The second kappa shape index (κ2) is 23.7. The summed E-state index contributed by atoms with van der Waals surface area (Å²) >= 11 is 0. The van der Waals surface area contributed by atoms with Crippen LogP contribution in [0, 0.1) is 69.5 Å². The van der Waals surface area contributed by atoms with Gasteiger partial charge in [0.05, 0.1) is 42.6 Å². The highest BCUT2D eigenvalue weighted by Gasteiger charge is 2.57. The Hall–Kier alpha value is -3.55. The molecule has 0 radical (unpaired) electrons. The highest BCUT2D eigenvalue weighted by atomic mass is 16.7. The minimum atomic E-state index is -0.889. The molecule has 0 N–H and O–H groups in total. The molecule has 0 amide bonds. The highest BCUT2D eigenvalue weighted by Crippen LogP contribution is 2.60. The summed E-state index contributed by atoms with van der Waals surface area (Å²) in [6.07, 6.45) is 24.3. The standard InChI is InChI=1S/C23H34O5.C21H34O5.C18H28O4/c1-3-22(2,21(26)27-19-6-4-5-18(24)10-19)14-20(25)28-23-11-15-7-16(12-23)9-17(8-15)13-23;1-5-20(4,19(23)25-14(3)24-6-2)13-18(22)26-21-10-15-7-16(11-21)9-17(8-15)12-21;1-4-17(2,16(20)21-3)11-15(19)22-18-8-12-5-13(9-18)7-14(6-12)10-18/h15-17,19H,3-14H2,1-2H3;14-17H,5-13H2,1-4H3;12-14H,4-11H2,1-3H3. The number of ether oxygens (including phenoxy) is 7. The van der Waals surface area contributed by atoms with Crippen LogP contribution in [0.5, 0.6) is 0 Å². The predicted molar refractivity (Wildman–Crippen MR) is 283 cm³/mol. The van der Waals surface area contributed by atoms with Crippen molar-refractivity contribution in [3.8, 4) is 0 Å². The normalized spacial score (nSPS) is 37.6. The summed E-state index contributed by atoms with van der Waals surface area (Å²) in [6.45, 7) is 15.1. The number of hydrogen-bond donors (Lipinski definition) is 0. The van der Waals surface area contributed by atoms with Crippen molar-refractivity contribution in [1.82, 2.24) is 0 Å². The molecule has 0 aromatic heterocycles. The van der Waals surface area contributed by atoms with Gasteiger partial charge in [0.1, 0.15) is 28.7 Å². The molecule has 0 saturated heterocycles. The first-order valence-corrected chi connectivity index (χ1v) is 30.2. The van der Waals surface area contributed by atoms with E-state index in [1.54, 1.807) is 27.7 Å². The molecule has 76 heavy (non-hydrogen) atoms. The van der Waals surface area contributed by atoms with E-state index in [1.165, 1.54) is 64.9 Å². The molecule has 13 aliphatic carbocycles. The highest BCUT2D eigenvalue weighted by molar-refractivity contribution is 5.85. The van der Waals surface area contributed by atoms with Gasteiger partial charge in [0.15, 0.2) is 6.29 Å². The molecule has 5 atom stereocenters. The second-order valence-corrected chi connectivity index (χ2v) is 27.6. The van der Waals surface area contributed by atoms with Gasteiger partial charge in [0, 0.05) is 19.4 Å². The van der Waals surface area contributed by atoms with Crippen LogP contribution in [-0.4, -0.2) is 84.5 Å². The molecular weight excluding hydrogens is 969 g/mol. The lowest BCUT2D eigenvalue weighted by Gasteiger charge is -2.55. The Bertz CT molecular complexity index is 2020. The maximum Gasteiger partial charge on any atom is 0.314 e. The van der Waals surface area contributed by atoms with Crippen molar-refractivity contribution in [1.29, 1.82) is 0 Å². The maximum absolute atomic E-state index is 12.9. The number of ketones is 1. The molecule has 0 aliphatic heterocycles. The number of methoxy groups -OCH3 is 1. The Morgan fingerprint density at radius 3 is 1.12 bits per heavy atom. The molecule has 13 aliphatic rings. The van der Waals surface area contributed by atoms with E-state index < -0.39 is 22.5 Å². The number of rotatable bonds is 19. The molecule has 0 heterocycles. The largest absolute Gasteiger partial charge is 0.469 e. The van der Waals surface area contributed by atoms with Crippen LogP contribution in [0.25, 0.3) is 0 Å². The topological polar surface area (TPSA) is 184 Å². The van der Waals surface area contributed by atoms with Gasteiger partial charge in [0.25, 0.3) is 0 Å². The van der Waals surface area contributed by atoms with Crippen molar-refractivity contribution in [3.05, 3.63) is 0 Å². The first-order valence-electron chi connectivity index (χ1n) is 30.2. The van der Waals surface area contributed by atoms with E-state index in [0.29, 0.717) is 56.5 Å². The first kappa shape index (κ1) is 58.6. The third kappa shape index (κ3) is 13.7. The van der Waals surface area contributed by atoms with Gasteiger partial charge in [-0.05, 0) is 236 Å². The van der Waals surface area contributed by atoms with Gasteiger partial charge in [-0.1, -0.05) is 20.8 Å². The molecule has 5 unspecified atom stereocenters. The van der Waals surface area contributed by atoms with Crippen LogP contribution < -0.4 is 0 Å². The summed E-state index contributed by atoms with van der Waals surface area (Å²) in [7, 11) is 1.38. The molecule has 14 heteroatoms. The number of hydrogen-bond acceptors (Lipinski definition) is 14. The molecule has 0 spiro atoms. The fourth-order valence-corrected chi connectivity index (χ4v) is 17.5. The molecule has 14 nitrogen and oxygen atoms in total. The summed E-state index contributed by atoms with van der Waals surface area (Å²) < 4.78 is 39.3. The van der Waals surface area contributed by atoms with Crippen molar-refractivity contribution >= 4 is 41.6 Å². The van der Waals surface area contributed by atoms with Crippen LogP contribution in [-0.2, 0) is 66.7 Å². The van der Waals surface area contributed by atoms with Crippen molar-refractivity contribution in [2.75, 3.05) is 13.7 Å². The van der Waals surface area contributed by atoms with Gasteiger partial charge in [0.2, 0.25) is 0 Å². The Morgan fingerprint density at radius 1 is 0.513 bits per heavy atom. The zero-order valence-electron chi connectivity index (χ0n) is 48.1. The van der Waals surface area contributed by atoms with E-state index in [0.717, 1.165) is 106 Å². The molecule has 13 saturated carbocycles. The van der Waals surface area contributed by atoms with Gasteiger partial charge in [-0.3, -0.25) is 33.6 Å². The van der Waals surface area contributed by atoms with E-state index in [1.807, 2.05) is 27.7 Å². The third-order valence-corrected chi connectivity index (χ3v) is 20.9. The summed E-state index contributed by atoms with van der Waals surface area (Å²) in [6, 6.07) is 0. The predicted octanol–water partition coefficient (Wildman–Crippen LogP) is 12.1. The van der Waals surface area contributed by atoms with Crippen LogP contribution in [0.3, 0.4) is 0 Å². The zero-order chi connectivity index (χ0) is 54.8. The van der Waals surface area contributed by atoms with Gasteiger partial charge >= 0.3 is 35.8 Å². The first-order chi connectivity index (χ1) is 35.9. The second-order valence-electron chi connectivity index (χ2n) is 27.6. The Kier molecular flexibility index (Phi) is 18.2. The Morgan fingerprint density at radius 2 is 0.829 bits per heavy atom. The van der Waals surface area contributed by atoms with Crippen molar-refractivity contribution in [3.63, 3.8) is 0 Å². The SMILES string of the molecule is CCC(C)(CC(=O)OC12CC3CC(CC(C3)C1)C2)C(=O)OC.CCC(C)(CC(=O)OC12CC3CC(CC(C3)C1)C2)C(=O)OC1CCCC(=O)C1.CCOC(C)OC(=O)C(C)(CC)CC(=O)OC12CC3CC(CC(C3)C1)C2. The van der Waals surface area contributed by atoms with Gasteiger partial charge in [-0.25, -0.2) is 0 Å². The summed E-state index contributed by atoms with van der Waals surface area (Å²) in [5.41, 5.74) is -3.29. The van der Waals surface area contributed by atoms with E-state index in [4.69, 9.17) is 33.2 Å². The summed E-state index contributed by atoms with van der Waals surface area (Å²) in [5.74, 6) is 4.90. The zero-order valence-corrected chi connectivity index (χ0v) is 48.1. The maximum atomic E-state index is 12.9. The summed E-state index contributed by atoms with van der Waals surface area (Å²) in [4.78, 5) is 87.1. The minimum Gasteiger partial charge on any atom is -0.469 e. The van der Waals surface area contributed by atoms with Gasteiger partial charge in [-0.15, -0.1) is 0 Å². The molecular formula is C62H96O14. The molecule has 0 aromatic carbocycles. The molecule has 0 aromatic rings. The molecule has 428 valence electrons. The number of esters is 6. The van der Waals surface area contributed by atoms with Gasteiger partial charge in [-0.2, -0.15) is 0 Å². The van der Waals surface area contributed by atoms with Crippen LogP contribution >= 0.6 is 0 Å². The lowest BCUT2D eigenvalue weighted by Crippen LogP contribution is -2.53. The smallest absolute Gasteiger partial charge is 0.314 e. The third-order valence-electron chi connectivity index (χ3n) is 20.9. The molecule has 13 fully saturated rings. The number of carbonyl (C=O) groups excluding carboxylic acids is 7.